The van der Waals surface area contributed by atoms with Gasteiger partial charge in [0.2, 0.25) is 12.2 Å². The van der Waals surface area contributed by atoms with Crippen LogP contribution in [0.15, 0.2) is 22.8 Å². The van der Waals surface area contributed by atoms with Gasteiger partial charge in [-0.2, -0.15) is 0 Å². The third-order valence-corrected chi connectivity index (χ3v) is 0.800. The Morgan fingerprint density at radius 3 is 2.50 bits per heavy atom. The maximum Gasteiger partial charge on any atom is 0.371 e. The molecule has 1 heterocycles. The number of carboxylic acids is 1. The molecule has 0 aromatic carbocycles. The Kier molecular flexibility index (Phi) is 5.03. The average Bonchev–Trinajstić information content (AvgIpc) is 2.57. The van der Waals surface area contributed by atoms with Gasteiger partial charge >= 0.3 is 5.97 Å². The van der Waals surface area contributed by atoms with Gasteiger partial charge < -0.3 is 9.52 Å². The number of carbonyl (C=O) groups excluding carboxylic acids is 1. The summed E-state index contributed by atoms with van der Waals surface area (Å²) in [5.41, 5.74) is 1.75. The van der Waals surface area contributed by atoms with E-state index < -0.39 is 5.97 Å². The molecule has 6 nitrogen and oxygen atoms in total. The molecule has 66 valence electrons. The van der Waals surface area contributed by atoms with E-state index in [4.69, 9.17) is 9.90 Å². The first-order valence-electron chi connectivity index (χ1n) is 2.89. The lowest BCUT2D eigenvalue weighted by atomic mass is 10.5. The quantitative estimate of drug-likeness (QED) is 0.243. The van der Waals surface area contributed by atoms with Gasteiger partial charge in [0.15, 0.2) is 0 Å². The van der Waals surface area contributed by atoms with Gasteiger partial charge in [-0.15, -0.1) is 0 Å². The predicted octanol–water partition coefficient (Wildman–Crippen LogP) is -0.416. The minimum Gasteiger partial charge on any atom is -0.475 e. The van der Waals surface area contributed by atoms with E-state index in [0.29, 0.717) is 6.41 Å². The summed E-state index contributed by atoms with van der Waals surface area (Å²) >= 11 is 0. The lowest BCUT2D eigenvalue weighted by Gasteiger charge is -1.79. The second-order valence-corrected chi connectivity index (χ2v) is 1.57. The Morgan fingerprint density at radius 1 is 1.75 bits per heavy atom. The van der Waals surface area contributed by atoms with Crippen molar-refractivity contribution in [1.82, 2.24) is 5.43 Å². The van der Waals surface area contributed by atoms with Crippen LogP contribution in [-0.2, 0) is 4.79 Å². The molecule has 0 saturated heterocycles. The monoisotopic (exact) mass is 172 g/mol. The molecule has 1 aromatic rings. The van der Waals surface area contributed by atoms with Crippen LogP contribution in [0.4, 0.5) is 0 Å². The predicted molar refractivity (Wildman–Crippen MR) is 39.1 cm³/mol. The van der Waals surface area contributed by atoms with E-state index in [9.17, 15) is 4.79 Å². The fourth-order valence-corrected chi connectivity index (χ4v) is 0.400. The fourth-order valence-electron chi connectivity index (χ4n) is 0.400. The highest BCUT2D eigenvalue weighted by atomic mass is 16.4. The Hall–Kier alpha value is -1.82. The van der Waals surface area contributed by atoms with E-state index in [1.807, 2.05) is 0 Å². The van der Waals surface area contributed by atoms with E-state index in [1.165, 1.54) is 18.4 Å². The van der Waals surface area contributed by atoms with Crippen molar-refractivity contribution in [3.05, 3.63) is 24.2 Å². The number of aromatic carboxylic acids is 1. The Balaban J connectivity index is 0.000000261. The van der Waals surface area contributed by atoms with Crippen LogP contribution in [0.1, 0.15) is 10.6 Å². The fraction of sp³-hybridized carbons (Fsp3) is 0. The maximum atomic E-state index is 9.97. The van der Waals surface area contributed by atoms with Crippen molar-refractivity contribution in [1.29, 1.82) is 0 Å². The van der Waals surface area contributed by atoms with Crippen molar-refractivity contribution in [3.8, 4) is 0 Å². The van der Waals surface area contributed by atoms with Crippen LogP contribution < -0.4 is 11.3 Å². The average molecular weight is 172 g/mol. The topological polar surface area (TPSA) is 106 Å². The van der Waals surface area contributed by atoms with Crippen molar-refractivity contribution >= 4 is 12.4 Å². The zero-order chi connectivity index (χ0) is 9.40. The summed E-state index contributed by atoms with van der Waals surface area (Å²) in [6, 6.07) is 2.92. The first-order chi connectivity index (χ1) is 5.72. The van der Waals surface area contributed by atoms with Gasteiger partial charge in [0.25, 0.3) is 0 Å². The van der Waals surface area contributed by atoms with Crippen molar-refractivity contribution in [3.63, 3.8) is 0 Å². The molecule has 0 atom stereocenters. The molecule has 4 N–H and O–H groups in total. The molecule has 0 aliphatic carbocycles. The zero-order valence-electron chi connectivity index (χ0n) is 6.06. The van der Waals surface area contributed by atoms with Gasteiger partial charge in [0.05, 0.1) is 6.26 Å². The van der Waals surface area contributed by atoms with E-state index >= 15 is 0 Å². The number of hydrogen-bond acceptors (Lipinski definition) is 4. The molecular formula is C6H8N2O4. The van der Waals surface area contributed by atoms with Crippen LogP contribution in [0.5, 0.6) is 0 Å². The molecule has 0 unspecified atom stereocenters. The van der Waals surface area contributed by atoms with Gasteiger partial charge in [-0.1, -0.05) is 0 Å². The molecule has 0 spiro atoms. The molecule has 0 bridgehead atoms. The Bertz CT molecular complexity index is 232. The number of nitrogens with two attached hydrogens (primary N) is 1. The number of carboxylic acid groups (broad SMARTS) is 1. The summed E-state index contributed by atoms with van der Waals surface area (Å²) < 4.78 is 4.50. The van der Waals surface area contributed by atoms with Crippen molar-refractivity contribution in [2.45, 2.75) is 0 Å². The van der Waals surface area contributed by atoms with Gasteiger partial charge in [-0.3, -0.25) is 10.2 Å². The molecule has 0 radical (unpaired) electrons. The van der Waals surface area contributed by atoms with Crippen LogP contribution in [-0.4, -0.2) is 17.5 Å². The first-order valence-corrected chi connectivity index (χ1v) is 2.89. The molecule has 12 heavy (non-hydrogen) atoms. The van der Waals surface area contributed by atoms with Gasteiger partial charge in [-0.05, 0) is 12.1 Å². The molecule has 1 rings (SSSR count). The molecule has 1 amide bonds. The first kappa shape index (κ1) is 10.2. The number of furan rings is 1. The SMILES string of the molecule is NNC=O.O=C(O)c1ccco1. The molecule has 0 aliphatic rings. The number of carbonyl (C=O) groups is 2. The lowest BCUT2D eigenvalue weighted by Crippen LogP contribution is -2.18. The second kappa shape index (κ2) is 5.93. The minimum atomic E-state index is -1.03. The Labute approximate surface area is 67.9 Å². The van der Waals surface area contributed by atoms with Crippen molar-refractivity contribution < 1.29 is 19.1 Å². The minimum absolute atomic E-state index is 0.0231. The third-order valence-electron chi connectivity index (χ3n) is 0.800. The van der Waals surface area contributed by atoms with Gasteiger partial charge in [0.1, 0.15) is 0 Å². The maximum absolute atomic E-state index is 9.97. The molecule has 6 heteroatoms. The summed E-state index contributed by atoms with van der Waals surface area (Å²) in [6.45, 7) is 0. The summed E-state index contributed by atoms with van der Waals surface area (Å²) in [5.74, 6) is 3.35. The van der Waals surface area contributed by atoms with E-state index in [2.05, 4.69) is 10.3 Å². The van der Waals surface area contributed by atoms with Crippen LogP contribution in [0.2, 0.25) is 0 Å². The van der Waals surface area contributed by atoms with Crippen LogP contribution >= 0.6 is 0 Å². The van der Waals surface area contributed by atoms with E-state index in [1.54, 1.807) is 5.43 Å². The zero-order valence-corrected chi connectivity index (χ0v) is 6.06. The summed E-state index contributed by atoms with van der Waals surface area (Å²) in [7, 11) is 0. The normalized spacial score (nSPS) is 7.75. The molecule has 0 saturated carbocycles. The third kappa shape index (κ3) is 4.07. The van der Waals surface area contributed by atoms with Crippen molar-refractivity contribution in [2.24, 2.45) is 5.84 Å². The number of rotatable bonds is 2. The number of hydrogen-bond donors (Lipinski definition) is 3. The summed E-state index contributed by atoms with van der Waals surface area (Å²) in [6.07, 6.45) is 1.73. The van der Waals surface area contributed by atoms with E-state index in [0.717, 1.165) is 0 Å². The van der Waals surface area contributed by atoms with Crippen LogP contribution in [0.3, 0.4) is 0 Å². The summed E-state index contributed by atoms with van der Waals surface area (Å²) in [4.78, 5) is 18.9. The van der Waals surface area contributed by atoms with Crippen LogP contribution in [0, 0.1) is 0 Å². The van der Waals surface area contributed by atoms with Gasteiger partial charge in [0, 0.05) is 0 Å². The van der Waals surface area contributed by atoms with Gasteiger partial charge in [-0.25, -0.2) is 10.6 Å². The molecule has 1 aromatic heterocycles. The number of nitrogens with one attached hydrogen (secondary N) is 1. The highest BCUT2D eigenvalue weighted by molar-refractivity contribution is 5.84. The largest absolute Gasteiger partial charge is 0.475 e. The highest BCUT2D eigenvalue weighted by Crippen LogP contribution is 1.97. The second-order valence-electron chi connectivity index (χ2n) is 1.57. The lowest BCUT2D eigenvalue weighted by molar-refractivity contribution is -0.109. The summed E-state index contributed by atoms with van der Waals surface area (Å²) in [5, 5.41) is 8.18. The molecule has 0 fully saturated rings. The highest BCUT2D eigenvalue weighted by Gasteiger charge is 2.01. The smallest absolute Gasteiger partial charge is 0.371 e. The van der Waals surface area contributed by atoms with Crippen molar-refractivity contribution in [2.75, 3.05) is 0 Å². The van der Waals surface area contributed by atoms with Crippen LogP contribution in [0.25, 0.3) is 0 Å². The number of hydrazine groups is 1. The Morgan fingerprint density at radius 2 is 2.33 bits per heavy atom. The number of amides is 1. The molecule has 0 aliphatic heterocycles. The van der Waals surface area contributed by atoms with E-state index in [-0.39, 0.29) is 5.76 Å². The molecular weight excluding hydrogens is 164 g/mol. The standard InChI is InChI=1S/C5H4O3.CH4N2O/c6-5(7)4-2-1-3-8-4;2-3-1-4/h1-3H,(H,6,7);1H,2H2,(H,3,4).